The van der Waals surface area contributed by atoms with E-state index in [1.807, 2.05) is 42.5 Å². The molecule has 1 saturated heterocycles. The van der Waals surface area contributed by atoms with Crippen LogP contribution in [0.5, 0.6) is 5.75 Å². The zero-order valence-corrected chi connectivity index (χ0v) is 17.2. The SMILES string of the molecule is COc1cccc(N2CC(C(=O)Nc3ccc(-c4n[nH]c(C5CC5)n4)cc3)CC2=O)c1. The van der Waals surface area contributed by atoms with Crippen LogP contribution in [0.1, 0.15) is 31.0 Å². The first-order chi connectivity index (χ1) is 15.1. The maximum absolute atomic E-state index is 12.8. The second-order valence-corrected chi connectivity index (χ2v) is 7.99. The van der Waals surface area contributed by atoms with Crippen LogP contribution in [-0.4, -0.2) is 40.7 Å². The molecule has 5 rings (SSSR count). The van der Waals surface area contributed by atoms with E-state index in [0.717, 1.165) is 17.1 Å². The largest absolute Gasteiger partial charge is 0.497 e. The lowest BCUT2D eigenvalue weighted by Gasteiger charge is -2.17. The molecule has 2 aromatic carbocycles. The summed E-state index contributed by atoms with van der Waals surface area (Å²) in [6.07, 6.45) is 2.51. The summed E-state index contributed by atoms with van der Waals surface area (Å²) in [6, 6.07) is 14.7. The summed E-state index contributed by atoms with van der Waals surface area (Å²) in [5, 5.41) is 10.2. The highest BCUT2D eigenvalue weighted by molar-refractivity contribution is 6.03. The Morgan fingerprint density at radius 2 is 2.00 bits per heavy atom. The Kier molecular flexibility index (Phi) is 4.89. The second kappa shape index (κ2) is 7.86. The lowest BCUT2D eigenvalue weighted by atomic mass is 10.1. The van der Waals surface area contributed by atoms with Crippen molar-refractivity contribution in [3.05, 3.63) is 54.4 Å². The van der Waals surface area contributed by atoms with Gasteiger partial charge in [0.15, 0.2) is 5.82 Å². The Hall–Kier alpha value is -3.68. The van der Waals surface area contributed by atoms with Gasteiger partial charge in [-0.25, -0.2) is 4.98 Å². The van der Waals surface area contributed by atoms with Crippen LogP contribution in [0.25, 0.3) is 11.4 Å². The van der Waals surface area contributed by atoms with Crippen LogP contribution < -0.4 is 15.0 Å². The lowest BCUT2D eigenvalue weighted by Crippen LogP contribution is -2.28. The average Bonchev–Trinajstić information content (AvgIpc) is 3.39. The normalized spacial score (nSPS) is 18.3. The van der Waals surface area contributed by atoms with Crippen LogP contribution in [0.4, 0.5) is 11.4 Å². The molecular weight excluding hydrogens is 394 g/mol. The molecule has 0 spiro atoms. The molecule has 2 amide bonds. The molecular formula is C23H23N5O3. The third-order valence-corrected chi connectivity index (χ3v) is 5.74. The molecule has 1 atom stereocenters. The van der Waals surface area contributed by atoms with Crippen molar-refractivity contribution < 1.29 is 14.3 Å². The molecule has 2 fully saturated rings. The van der Waals surface area contributed by atoms with E-state index in [9.17, 15) is 9.59 Å². The number of carbonyl (C=O) groups is 2. The number of hydrogen-bond acceptors (Lipinski definition) is 5. The zero-order chi connectivity index (χ0) is 21.4. The van der Waals surface area contributed by atoms with Gasteiger partial charge < -0.3 is 15.0 Å². The van der Waals surface area contributed by atoms with E-state index in [-0.39, 0.29) is 18.2 Å². The highest BCUT2D eigenvalue weighted by Gasteiger charge is 2.35. The summed E-state index contributed by atoms with van der Waals surface area (Å²) in [4.78, 5) is 31.4. The molecule has 158 valence electrons. The number of H-pyrrole nitrogens is 1. The van der Waals surface area contributed by atoms with Crippen LogP contribution in [0.15, 0.2) is 48.5 Å². The van der Waals surface area contributed by atoms with Crippen molar-refractivity contribution in [2.24, 2.45) is 5.92 Å². The molecule has 2 N–H and O–H groups in total. The minimum Gasteiger partial charge on any atom is -0.497 e. The first-order valence-corrected chi connectivity index (χ1v) is 10.4. The minimum absolute atomic E-state index is 0.0696. The Balaban J connectivity index is 1.23. The monoisotopic (exact) mass is 417 g/mol. The van der Waals surface area contributed by atoms with Gasteiger partial charge in [0, 0.05) is 41.9 Å². The number of hydrogen-bond donors (Lipinski definition) is 2. The van der Waals surface area contributed by atoms with Gasteiger partial charge in [-0.05, 0) is 49.2 Å². The second-order valence-electron chi connectivity index (χ2n) is 7.99. The number of ether oxygens (including phenoxy) is 1. The highest BCUT2D eigenvalue weighted by Crippen LogP contribution is 2.38. The van der Waals surface area contributed by atoms with Gasteiger partial charge in [0.2, 0.25) is 11.8 Å². The van der Waals surface area contributed by atoms with Crippen LogP contribution in [0.3, 0.4) is 0 Å². The van der Waals surface area contributed by atoms with Gasteiger partial charge >= 0.3 is 0 Å². The Bertz CT molecular complexity index is 1120. The first-order valence-electron chi connectivity index (χ1n) is 10.4. The number of anilines is 2. The average molecular weight is 417 g/mol. The van der Waals surface area contributed by atoms with E-state index in [2.05, 4.69) is 20.5 Å². The van der Waals surface area contributed by atoms with Crippen molar-refractivity contribution in [2.75, 3.05) is 23.9 Å². The molecule has 0 bridgehead atoms. The van der Waals surface area contributed by atoms with Crippen LogP contribution in [-0.2, 0) is 9.59 Å². The van der Waals surface area contributed by atoms with Gasteiger partial charge in [-0.1, -0.05) is 6.07 Å². The Labute approximate surface area is 179 Å². The summed E-state index contributed by atoms with van der Waals surface area (Å²) in [7, 11) is 1.58. The molecule has 31 heavy (non-hydrogen) atoms. The summed E-state index contributed by atoms with van der Waals surface area (Å²) in [6.45, 7) is 0.344. The highest BCUT2D eigenvalue weighted by atomic mass is 16.5. The topological polar surface area (TPSA) is 100 Å². The number of nitrogens with zero attached hydrogens (tertiary/aromatic N) is 3. The van der Waals surface area contributed by atoms with Crippen molar-refractivity contribution in [1.82, 2.24) is 15.2 Å². The fourth-order valence-electron chi connectivity index (χ4n) is 3.80. The maximum atomic E-state index is 12.8. The smallest absolute Gasteiger partial charge is 0.229 e. The lowest BCUT2D eigenvalue weighted by molar-refractivity contribution is -0.122. The van der Waals surface area contributed by atoms with Crippen molar-refractivity contribution in [1.29, 1.82) is 0 Å². The van der Waals surface area contributed by atoms with Gasteiger partial charge in [0.05, 0.1) is 13.0 Å². The van der Waals surface area contributed by atoms with Gasteiger partial charge in [0.25, 0.3) is 0 Å². The van der Waals surface area contributed by atoms with Gasteiger partial charge in [0.1, 0.15) is 11.6 Å². The first kappa shape index (κ1) is 19.3. The van der Waals surface area contributed by atoms with Crippen molar-refractivity contribution >= 4 is 23.2 Å². The summed E-state index contributed by atoms with van der Waals surface area (Å²) in [5.74, 6) is 2.15. The van der Waals surface area contributed by atoms with Crippen molar-refractivity contribution in [3.8, 4) is 17.1 Å². The number of rotatable bonds is 6. The van der Waals surface area contributed by atoms with Crippen molar-refractivity contribution in [3.63, 3.8) is 0 Å². The van der Waals surface area contributed by atoms with Gasteiger partial charge in [-0.2, -0.15) is 5.10 Å². The number of benzene rings is 2. The molecule has 8 heteroatoms. The number of aromatic amines is 1. The van der Waals surface area contributed by atoms with E-state index in [0.29, 0.717) is 29.7 Å². The maximum Gasteiger partial charge on any atom is 0.229 e. The molecule has 1 aliphatic heterocycles. The number of carbonyl (C=O) groups excluding carboxylic acids is 2. The molecule has 8 nitrogen and oxygen atoms in total. The van der Waals surface area contributed by atoms with E-state index < -0.39 is 5.92 Å². The zero-order valence-electron chi connectivity index (χ0n) is 17.2. The van der Waals surface area contributed by atoms with E-state index in [4.69, 9.17) is 4.74 Å². The summed E-state index contributed by atoms with van der Waals surface area (Å²) >= 11 is 0. The Morgan fingerprint density at radius 3 is 2.74 bits per heavy atom. The molecule has 1 unspecified atom stereocenters. The third-order valence-electron chi connectivity index (χ3n) is 5.74. The van der Waals surface area contributed by atoms with Crippen molar-refractivity contribution in [2.45, 2.75) is 25.2 Å². The molecule has 3 aromatic rings. The summed E-state index contributed by atoms with van der Waals surface area (Å²) in [5.41, 5.74) is 2.31. The number of aromatic nitrogens is 3. The standard InChI is InChI=1S/C23H23N5O3/c1-31-19-4-2-3-18(12-19)28-13-16(11-20(28)29)23(30)24-17-9-7-15(8-10-17)22-25-21(26-27-22)14-5-6-14/h2-4,7-10,12,14,16H,5-6,11,13H2,1H3,(H,24,30)(H,25,26,27). The van der Waals surface area contributed by atoms with E-state index >= 15 is 0 Å². The Morgan fingerprint density at radius 1 is 1.19 bits per heavy atom. The fourth-order valence-corrected chi connectivity index (χ4v) is 3.80. The van der Waals surface area contributed by atoms with Crippen LogP contribution >= 0.6 is 0 Å². The fraction of sp³-hybridized carbons (Fsp3) is 0.304. The van der Waals surface area contributed by atoms with Crippen LogP contribution in [0, 0.1) is 5.92 Å². The number of amides is 2. The molecule has 2 aliphatic rings. The third kappa shape index (κ3) is 4.01. The molecule has 1 aliphatic carbocycles. The van der Waals surface area contributed by atoms with Gasteiger partial charge in [-0.15, -0.1) is 0 Å². The molecule has 2 heterocycles. The van der Waals surface area contributed by atoms with E-state index in [1.165, 1.54) is 12.8 Å². The predicted octanol–water partition coefficient (Wildman–Crippen LogP) is 3.35. The number of nitrogens with one attached hydrogen (secondary N) is 2. The van der Waals surface area contributed by atoms with Gasteiger partial charge in [-0.3, -0.25) is 14.7 Å². The number of methoxy groups -OCH3 is 1. The molecule has 1 aromatic heterocycles. The summed E-state index contributed by atoms with van der Waals surface area (Å²) < 4.78 is 5.23. The predicted molar refractivity (Wildman–Crippen MR) is 116 cm³/mol. The minimum atomic E-state index is -0.410. The molecule has 0 radical (unpaired) electrons. The molecule has 1 saturated carbocycles. The quantitative estimate of drug-likeness (QED) is 0.641. The van der Waals surface area contributed by atoms with E-state index in [1.54, 1.807) is 18.1 Å². The van der Waals surface area contributed by atoms with Crippen LogP contribution in [0.2, 0.25) is 0 Å².